The summed E-state index contributed by atoms with van der Waals surface area (Å²) in [6, 6.07) is 17.9. The largest absolute Gasteiger partial charge is 0.325 e. The van der Waals surface area contributed by atoms with Crippen molar-refractivity contribution < 1.29 is 4.79 Å². The maximum absolute atomic E-state index is 11.7. The van der Waals surface area contributed by atoms with Crippen LogP contribution in [-0.4, -0.2) is 5.91 Å². The topological polar surface area (TPSA) is 52.9 Å². The SMILES string of the molecule is CC(C)(C)c1ccc(NC(=O)CC#N)c(-c2ccccc2)c1. The van der Waals surface area contributed by atoms with Crippen LogP contribution in [0.2, 0.25) is 0 Å². The third-order valence-electron chi connectivity index (χ3n) is 3.48. The van der Waals surface area contributed by atoms with Crippen molar-refractivity contribution in [3.63, 3.8) is 0 Å². The second kappa shape index (κ2) is 6.44. The molecule has 0 aliphatic carbocycles. The fourth-order valence-corrected chi connectivity index (χ4v) is 2.24. The molecular weight excluding hydrogens is 272 g/mol. The Labute approximate surface area is 131 Å². The number of carbonyl (C=O) groups is 1. The molecule has 3 nitrogen and oxygen atoms in total. The highest BCUT2D eigenvalue weighted by atomic mass is 16.1. The molecule has 0 aliphatic rings. The first-order valence-electron chi connectivity index (χ1n) is 7.28. The lowest BCUT2D eigenvalue weighted by Crippen LogP contribution is -2.14. The molecule has 1 amide bonds. The fraction of sp³-hybridized carbons (Fsp3) is 0.263. The van der Waals surface area contributed by atoms with Crippen LogP contribution < -0.4 is 5.32 Å². The van der Waals surface area contributed by atoms with Gasteiger partial charge in [-0.2, -0.15) is 5.26 Å². The van der Waals surface area contributed by atoms with Gasteiger partial charge in [0.2, 0.25) is 5.91 Å². The summed E-state index contributed by atoms with van der Waals surface area (Å²) in [5, 5.41) is 11.5. The highest BCUT2D eigenvalue weighted by Gasteiger charge is 2.17. The van der Waals surface area contributed by atoms with Gasteiger partial charge in [0.25, 0.3) is 0 Å². The van der Waals surface area contributed by atoms with Gasteiger partial charge in [0.1, 0.15) is 6.42 Å². The van der Waals surface area contributed by atoms with Crippen molar-refractivity contribution in [3.05, 3.63) is 54.1 Å². The Morgan fingerprint density at radius 1 is 1.14 bits per heavy atom. The number of anilines is 1. The number of rotatable bonds is 3. The van der Waals surface area contributed by atoms with Gasteiger partial charge in [0, 0.05) is 11.3 Å². The molecule has 0 spiro atoms. The fourth-order valence-electron chi connectivity index (χ4n) is 2.24. The Balaban J connectivity index is 2.50. The van der Waals surface area contributed by atoms with E-state index in [-0.39, 0.29) is 17.7 Å². The second-order valence-electron chi connectivity index (χ2n) is 6.26. The highest BCUT2D eigenvalue weighted by molar-refractivity contribution is 5.96. The molecule has 2 aromatic carbocycles. The summed E-state index contributed by atoms with van der Waals surface area (Å²) in [4.78, 5) is 11.7. The Kier molecular flexibility index (Phi) is 4.62. The molecule has 0 unspecified atom stereocenters. The van der Waals surface area contributed by atoms with Gasteiger partial charge in [-0.3, -0.25) is 4.79 Å². The van der Waals surface area contributed by atoms with Crippen molar-refractivity contribution in [2.45, 2.75) is 32.6 Å². The zero-order chi connectivity index (χ0) is 16.2. The molecule has 22 heavy (non-hydrogen) atoms. The molecule has 0 aromatic heterocycles. The third kappa shape index (κ3) is 3.73. The maximum atomic E-state index is 11.7. The van der Waals surface area contributed by atoms with Crippen LogP contribution in [0.1, 0.15) is 32.8 Å². The zero-order valence-electron chi connectivity index (χ0n) is 13.2. The molecule has 3 heteroatoms. The summed E-state index contributed by atoms with van der Waals surface area (Å²) in [6.07, 6.45) is -0.144. The third-order valence-corrected chi connectivity index (χ3v) is 3.48. The quantitative estimate of drug-likeness (QED) is 0.905. The molecule has 0 aliphatic heterocycles. The van der Waals surface area contributed by atoms with Gasteiger partial charge in [-0.15, -0.1) is 0 Å². The Hall–Kier alpha value is -2.60. The summed E-state index contributed by atoms with van der Waals surface area (Å²) in [5.74, 6) is -0.289. The van der Waals surface area contributed by atoms with E-state index in [9.17, 15) is 4.79 Å². The van der Waals surface area contributed by atoms with Crippen LogP contribution in [0, 0.1) is 11.3 Å². The average Bonchev–Trinajstić information content (AvgIpc) is 2.47. The van der Waals surface area contributed by atoms with Crippen molar-refractivity contribution in [2.24, 2.45) is 0 Å². The van der Waals surface area contributed by atoms with E-state index in [4.69, 9.17) is 5.26 Å². The molecule has 0 bridgehead atoms. The van der Waals surface area contributed by atoms with E-state index >= 15 is 0 Å². The molecule has 2 rings (SSSR count). The van der Waals surface area contributed by atoms with E-state index < -0.39 is 0 Å². The molecule has 0 atom stereocenters. The van der Waals surface area contributed by atoms with Gasteiger partial charge >= 0.3 is 0 Å². The molecule has 0 heterocycles. The van der Waals surface area contributed by atoms with Crippen LogP contribution in [-0.2, 0) is 10.2 Å². The van der Waals surface area contributed by atoms with Gasteiger partial charge in [0.15, 0.2) is 0 Å². The lowest BCUT2D eigenvalue weighted by atomic mass is 9.85. The van der Waals surface area contributed by atoms with E-state index in [1.807, 2.05) is 48.5 Å². The standard InChI is InChI=1S/C19H20N2O/c1-19(2,3)15-9-10-17(21-18(22)11-12-20)16(13-15)14-7-5-4-6-8-14/h4-10,13H,11H2,1-3H3,(H,21,22). The number of hydrogen-bond acceptors (Lipinski definition) is 2. The Morgan fingerprint density at radius 3 is 2.41 bits per heavy atom. The summed E-state index contributed by atoms with van der Waals surface area (Å²) in [5.41, 5.74) is 3.97. The van der Waals surface area contributed by atoms with Gasteiger partial charge in [-0.05, 0) is 28.7 Å². The molecule has 112 valence electrons. The number of carbonyl (C=O) groups excluding carboxylic acids is 1. The van der Waals surface area contributed by atoms with Crippen molar-refractivity contribution in [1.82, 2.24) is 0 Å². The Morgan fingerprint density at radius 2 is 1.82 bits per heavy atom. The van der Waals surface area contributed by atoms with Crippen LogP contribution in [0.25, 0.3) is 11.1 Å². The van der Waals surface area contributed by atoms with Crippen molar-refractivity contribution in [1.29, 1.82) is 5.26 Å². The summed E-state index contributed by atoms with van der Waals surface area (Å²) >= 11 is 0. The highest BCUT2D eigenvalue weighted by Crippen LogP contribution is 2.33. The smallest absolute Gasteiger partial charge is 0.238 e. The zero-order valence-corrected chi connectivity index (χ0v) is 13.2. The first kappa shape index (κ1) is 15.8. The van der Waals surface area contributed by atoms with E-state index in [0.717, 1.165) is 16.8 Å². The minimum absolute atomic E-state index is 0.0265. The molecule has 1 N–H and O–H groups in total. The molecule has 2 aromatic rings. The lowest BCUT2D eigenvalue weighted by molar-refractivity contribution is -0.115. The summed E-state index contributed by atoms with van der Waals surface area (Å²) in [6.45, 7) is 6.47. The molecule has 0 radical (unpaired) electrons. The van der Waals surface area contributed by atoms with Gasteiger partial charge in [0.05, 0.1) is 6.07 Å². The number of nitrogens with zero attached hydrogens (tertiary/aromatic N) is 1. The minimum atomic E-state index is -0.289. The molecular formula is C19H20N2O. The van der Waals surface area contributed by atoms with Gasteiger partial charge in [-0.1, -0.05) is 57.2 Å². The maximum Gasteiger partial charge on any atom is 0.238 e. The van der Waals surface area contributed by atoms with Crippen LogP contribution >= 0.6 is 0 Å². The lowest BCUT2D eigenvalue weighted by Gasteiger charge is -2.21. The first-order valence-corrected chi connectivity index (χ1v) is 7.28. The van der Waals surface area contributed by atoms with E-state index in [2.05, 4.69) is 32.2 Å². The number of hydrogen-bond donors (Lipinski definition) is 1. The van der Waals surface area contributed by atoms with E-state index in [1.54, 1.807) is 0 Å². The number of nitrogens with one attached hydrogen (secondary N) is 1. The normalized spacial score (nSPS) is 10.8. The van der Waals surface area contributed by atoms with Crippen LogP contribution in [0.3, 0.4) is 0 Å². The molecule has 0 fully saturated rings. The predicted octanol–water partition coefficient (Wildman–Crippen LogP) is 4.50. The summed E-state index contributed by atoms with van der Waals surface area (Å²) < 4.78 is 0. The molecule has 0 saturated carbocycles. The van der Waals surface area contributed by atoms with Crippen LogP contribution in [0.15, 0.2) is 48.5 Å². The van der Waals surface area contributed by atoms with Crippen LogP contribution in [0.4, 0.5) is 5.69 Å². The van der Waals surface area contributed by atoms with Crippen molar-refractivity contribution >= 4 is 11.6 Å². The first-order chi connectivity index (χ1) is 10.4. The van der Waals surface area contributed by atoms with Crippen molar-refractivity contribution in [3.8, 4) is 17.2 Å². The predicted molar refractivity (Wildman–Crippen MR) is 89.4 cm³/mol. The van der Waals surface area contributed by atoms with Gasteiger partial charge in [-0.25, -0.2) is 0 Å². The molecule has 0 saturated heterocycles. The minimum Gasteiger partial charge on any atom is -0.325 e. The number of nitriles is 1. The number of benzene rings is 2. The number of amides is 1. The van der Waals surface area contributed by atoms with Crippen LogP contribution in [0.5, 0.6) is 0 Å². The van der Waals surface area contributed by atoms with E-state index in [0.29, 0.717) is 0 Å². The second-order valence-corrected chi connectivity index (χ2v) is 6.26. The monoisotopic (exact) mass is 292 g/mol. The van der Waals surface area contributed by atoms with E-state index in [1.165, 1.54) is 5.56 Å². The average molecular weight is 292 g/mol. The Bertz CT molecular complexity index is 706. The van der Waals surface area contributed by atoms with Crippen molar-refractivity contribution in [2.75, 3.05) is 5.32 Å². The van der Waals surface area contributed by atoms with Gasteiger partial charge < -0.3 is 5.32 Å². The summed E-state index contributed by atoms with van der Waals surface area (Å²) in [7, 11) is 0.